The van der Waals surface area contributed by atoms with Crippen molar-refractivity contribution in [3.05, 3.63) is 12.2 Å². The van der Waals surface area contributed by atoms with Gasteiger partial charge in [0.25, 0.3) is 0 Å². The SMILES string of the molecule is C.C.C.C.C.C.C.C.CCC(C)(C)C(=O)OC(C)(C)C.CCC(C)(C)C(=O)OC1(C)CC=CCC1.CCC(C)(C)C(=O)OC12CC3CC(C1)CC(C(=O)OC(C)(C)C)(C3)C2.CCC(C)(C)OC(=O)C(C)(C)CC. The molecule has 5 aliphatic carbocycles. The van der Waals surface area contributed by atoms with Crippen molar-refractivity contribution in [1.82, 2.24) is 0 Å². The van der Waals surface area contributed by atoms with E-state index < -0.39 is 22.0 Å². The third-order valence-electron chi connectivity index (χ3n) is 14.4. The van der Waals surface area contributed by atoms with Gasteiger partial charge in [0, 0.05) is 12.8 Å². The van der Waals surface area contributed by atoms with Gasteiger partial charge in [0.15, 0.2) is 0 Å². The Balaban J connectivity index is -0.000000130. The molecule has 5 rings (SSSR count). The fourth-order valence-corrected chi connectivity index (χ4v) is 8.11. The summed E-state index contributed by atoms with van der Waals surface area (Å²) in [5, 5.41) is 0. The van der Waals surface area contributed by atoms with Gasteiger partial charge < -0.3 is 23.7 Å². The second kappa shape index (κ2) is 32.6. The maximum Gasteiger partial charge on any atom is 0.312 e. The number of esters is 5. The molecule has 0 aromatic heterocycles. The molecular formula is C63H130O10. The lowest BCUT2D eigenvalue weighted by molar-refractivity contribution is -0.222. The van der Waals surface area contributed by atoms with E-state index in [-0.39, 0.29) is 122 Å². The molecule has 10 nitrogen and oxygen atoms in total. The van der Waals surface area contributed by atoms with E-state index in [0.717, 1.165) is 77.0 Å². The minimum absolute atomic E-state index is 0. The van der Waals surface area contributed by atoms with Crippen LogP contribution in [0.2, 0.25) is 0 Å². The number of allylic oxidation sites excluding steroid dienone is 1. The summed E-state index contributed by atoms with van der Waals surface area (Å²) in [5.74, 6) is 0.486. The summed E-state index contributed by atoms with van der Waals surface area (Å²) in [6.07, 6.45) is 16.5. The van der Waals surface area contributed by atoms with Crippen molar-refractivity contribution in [2.45, 2.75) is 330 Å². The summed E-state index contributed by atoms with van der Waals surface area (Å²) in [6, 6.07) is 0. The average Bonchev–Trinajstić information content (AvgIpc) is 3.16. The van der Waals surface area contributed by atoms with E-state index in [9.17, 15) is 24.0 Å². The molecule has 0 heterocycles. The van der Waals surface area contributed by atoms with Gasteiger partial charge in [-0.25, -0.2) is 0 Å². The van der Waals surface area contributed by atoms with Crippen molar-refractivity contribution in [2.24, 2.45) is 38.9 Å². The highest BCUT2D eigenvalue weighted by molar-refractivity contribution is 5.80. The Morgan fingerprint density at radius 1 is 0.466 bits per heavy atom. The Hall–Kier alpha value is -2.91. The standard InChI is InChI=1S/C21H34O4.C13H22O2.C11H22O2.C10H20O2.8CH4/c1-7-19(5,6)16(22)25-21-11-14-8-15(12-21)10-20(9-14,13-21)17(23)24-18(2,3)4;1-5-12(2,3)11(14)15-13(4)9-7-6-8-10-13;1-7-10(3,4)9(12)13-11(5,6)8-2;1-7-10(5,6)8(11)12-9(2,3)4;;;;;;;;/h14-15H,7-13H2,1-6H3;6-7H,5,8-10H2,1-4H3;7-8H2,1-6H3;7H2,1-6H3;8*1H4. The predicted molar refractivity (Wildman–Crippen MR) is 316 cm³/mol. The Morgan fingerprint density at radius 2 is 0.822 bits per heavy atom. The molecule has 4 bridgehead atoms. The van der Waals surface area contributed by atoms with E-state index in [0.29, 0.717) is 18.3 Å². The molecule has 3 atom stereocenters. The second-order valence-corrected chi connectivity index (χ2v) is 25.3. The highest BCUT2D eigenvalue weighted by Crippen LogP contribution is 2.63. The Labute approximate surface area is 456 Å². The monoisotopic (exact) mass is 1050 g/mol. The third kappa shape index (κ3) is 27.1. The number of hydrogen-bond donors (Lipinski definition) is 0. The molecule has 0 aromatic carbocycles. The van der Waals surface area contributed by atoms with Crippen LogP contribution in [-0.4, -0.2) is 57.9 Å². The largest absolute Gasteiger partial charge is 0.460 e. The zero-order chi connectivity index (χ0) is 50.9. The van der Waals surface area contributed by atoms with Gasteiger partial charge in [-0.2, -0.15) is 0 Å². The first-order valence-corrected chi connectivity index (χ1v) is 25.0. The second-order valence-electron chi connectivity index (χ2n) is 25.3. The van der Waals surface area contributed by atoms with Gasteiger partial charge in [-0.05, 0) is 207 Å². The summed E-state index contributed by atoms with van der Waals surface area (Å²) in [4.78, 5) is 60.8. The van der Waals surface area contributed by atoms with Crippen LogP contribution in [0.25, 0.3) is 0 Å². The van der Waals surface area contributed by atoms with Gasteiger partial charge in [-0.15, -0.1) is 0 Å². The molecule has 3 unspecified atom stereocenters. The summed E-state index contributed by atoms with van der Waals surface area (Å²) in [5.41, 5.74) is -3.90. The van der Waals surface area contributed by atoms with Crippen LogP contribution in [0.5, 0.6) is 0 Å². The summed E-state index contributed by atoms with van der Waals surface area (Å²) in [6.45, 7) is 42.8. The molecular weight excluding hydrogens is 917 g/mol. The van der Waals surface area contributed by atoms with E-state index in [1.165, 1.54) is 6.42 Å². The topological polar surface area (TPSA) is 132 Å². The van der Waals surface area contributed by atoms with Gasteiger partial charge in [-0.3, -0.25) is 24.0 Å². The van der Waals surface area contributed by atoms with Crippen LogP contribution < -0.4 is 0 Å². The van der Waals surface area contributed by atoms with Crippen molar-refractivity contribution in [3.63, 3.8) is 0 Å². The Bertz CT molecular complexity index is 1620. The predicted octanol–water partition coefficient (Wildman–Crippen LogP) is 19.1. The highest BCUT2D eigenvalue weighted by atomic mass is 16.6. The molecule has 0 saturated heterocycles. The van der Waals surface area contributed by atoms with Crippen molar-refractivity contribution >= 4 is 29.8 Å². The average molecular weight is 1050 g/mol. The molecule has 4 saturated carbocycles. The summed E-state index contributed by atoms with van der Waals surface area (Å²) in [7, 11) is 0. The molecule has 442 valence electrons. The molecule has 0 amide bonds. The number of carbonyl (C=O) groups is 5. The molecule has 0 spiro atoms. The smallest absolute Gasteiger partial charge is 0.312 e. The van der Waals surface area contributed by atoms with Gasteiger partial charge in [-0.1, -0.05) is 106 Å². The molecule has 0 aliphatic heterocycles. The zero-order valence-corrected chi connectivity index (χ0v) is 45.8. The first-order valence-electron chi connectivity index (χ1n) is 25.0. The van der Waals surface area contributed by atoms with Crippen LogP contribution in [-0.2, 0) is 47.7 Å². The van der Waals surface area contributed by atoms with Gasteiger partial charge >= 0.3 is 29.8 Å². The number of ether oxygens (including phenoxy) is 5. The molecule has 0 aromatic rings. The van der Waals surface area contributed by atoms with E-state index in [2.05, 4.69) is 12.2 Å². The first-order chi connectivity index (χ1) is 29.2. The fraction of sp³-hybridized carbons (Fsp3) is 0.889. The molecule has 0 radical (unpaired) electrons. The lowest BCUT2D eigenvalue weighted by Gasteiger charge is -2.60. The van der Waals surface area contributed by atoms with Crippen molar-refractivity contribution in [3.8, 4) is 0 Å². The normalized spacial score (nSPS) is 22.5. The van der Waals surface area contributed by atoms with E-state index >= 15 is 0 Å². The fourth-order valence-electron chi connectivity index (χ4n) is 8.11. The van der Waals surface area contributed by atoms with E-state index in [1.54, 1.807) is 0 Å². The van der Waals surface area contributed by atoms with Gasteiger partial charge in [0.2, 0.25) is 0 Å². The number of rotatable bonds is 13. The third-order valence-corrected chi connectivity index (χ3v) is 14.4. The van der Waals surface area contributed by atoms with Crippen LogP contribution in [0.4, 0.5) is 0 Å². The minimum atomic E-state index is -0.478. The first kappa shape index (κ1) is 86.8. The van der Waals surface area contributed by atoms with Crippen LogP contribution in [0.15, 0.2) is 12.2 Å². The summed E-state index contributed by atoms with van der Waals surface area (Å²) < 4.78 is 28.2. The summed E-state index contributed by atoms with van der Waals surface area (Å²) >= 11 is 0. The van der Waals surface area contributed by atoms with E-state index in [4.69, 9.17) is 23.7 Å². The van der Waals surface area contributed by atoms with Crippen LogP contribution >= 0.6 is 0 Å². The lowest BCUT2D eigenvalue weighted by atomic mass is 9.48. The maximum absolute atomic E-state index is 13.0. The lowest BCUT2D eigenvalue weighted by Crippen LogP contribution is -2.61. The highest BCUT2D eigenvalue weighted by Gasteiger charge is 2.63. The van der Waals surface area contributed by atoms with Crippen molar-refractivity contribution in [2.75, 3.05) is 0 Å². The molecule has 0 N–H and O–H groups in total. The quantitative estimate of drug-likeness (QED) is 0.0998. The van der Waals surface area contributed by atoms with Crippen LogP contribution in [0, 0.1) is 38.9 Å². The van der Waals surface area contributed by atoms with Crippen LogP contribution in [0.3, 0.4) is 0 Å². The molecule has 73 heavy (non-hydrogen) atoms. The zero-order valence-electron chi connectivity index (χ0n) is 45.8. The molecule has 10 heteroatoms. The molecule has 5 aliphatic rings. The number of hydrogen-bond acceptors (Lipinski definition) is 10. The van der Waals surface area contributed by atoms with Crippen molar-refractivity contribution < 1.29 is 47.7 Å². The van der Waals surface area contributed by atoms with Gasteiger partial charge in [0.1, 0.15) is 28.0 Å². The van der Waals surface area contributed by atoms with Crippen molar-refractivity contribution in [1.29, 1.82) is 0 Å². The Kier molecular flexibility index (Phi) is 38.8. The van der Waals surface area contributed by atoms with E-state index in [1.807, 2.05) is 152 Å². The molecule has 4 fully saturated rings. The Morgan fingerprint density at radius 3 is 1.15 bits per heavy atom. The van der Waals surface area contributed by atoms with Crippen LogP contribution in [0.1, 0.15) is 302 Å². The maximum atomic E-state index is 13.0. The number of carbonyl (C=O) groups excluding carboxylic acids is 5. The minimum Gasteiger partial charge on any atom is -0.460 e. The van der Waals surface area contributed by atoms with Gasteiger partial charge in [0.05, 0.1) is 27.1 Å².